The molecule has 2 heterocycles. The highest BCUT2D eigenvalue weighted by Crippen LogP contribution is 2.39. The predicted octanol–water partition coefficient (Wildman–Crippen LogP) is 4.46. The van der Waals surface area contributed by atoms with E-state index in [4.69, 9.17) is 14.5 Å². The van der Waals surface area contributed by atoms with Crippen LogP contribution in [0.3, 0.4) is 0 Å². The van der Waals surface area contributed by atoms with Gasteiger partial charge in [-0.15, -0.1) is 0 Å². The summed E-state index contributed by atoms with van der Waals surface area (Å²) in [4.78, 5) is 21.8. The number of rotatable bonds is 2. The minimum Gasteiger partial charge on any atom is -0.497 e. The second-order valence-electron chi connectivity index (χ2n) is 8.97. The summed E-state index contributed by atoms with van der Waals surface area (Å²) < 4.78 is 11.6. The van der Waals surface area contributed by atoms with E-state index in [1.807, 2.05) is 47.4 Å². The third kappa shape index (κ3) is 4.27. The topological polar surface area (TPSA) is 54.4 Å². The van der Waals surface area contributed by atoms with E-state index in [0.29, 0.717) is 19.5 Å². The third-order valence-corrected chi connectivity index (χ3v) is 5.35. The maximum Gasteiger partial charge on any atom is 0.223 e. The number of methoxy groups -OCH3 is 1. The van der Waals surface area contributed by atoms with Gasteiger partial charge in [0.05, 0.1) is 12.7 Å². The number of nitrogens with zero attached hydrogens (tertiary/aromatic N) is 3. The Labute approximate surface area is 178 Å². The van der Waals surface area contributed by atoms with Crippen molar-refractivity contribution >= 4 is 17.4 Å². The Morgan fingerprint density at radius 3 is 2.50 bits per heavy atom. The summed E-state index contributed by atoms with van der Waals surface area (Å²) in [5.74, 6) is 3.33. The van der Waals surface area contributed by atoms with E-state index in [1.165, 1.54) is 0 Å². The number of fused-ring (bicyclic) bond motifs is 2. The average molecular weight is 408 g/mol. The number of ether oxygens (including phenoxy) is 2. The molecule has 6 heteroatoms. The summed E-state index contributed by atoms with van der Waals surface area (Å²) >= 11 is 0. The lowest BCUT2D eigenvalue weighted by atomic mass is 9.91. The molecule has 1 fully saturated rings. The van der Waals surface area contributed by atoms with Crippen molar-refractivity contribution in [2.24, 2.45) is 10.4 Å². The molecule has 2 aliphatic rings. The number of hydrogen-bond acceptors (Lipinski definition) is 5. The summed E-state index contributed by atoms with van der Waals surface area (Å²) in [6.45, 7) is 9.14. The molecule has 0 radical (unpaired) electrons. The maximum atomic E-state index is 12.6. The van der Waals surface area contributed by atoms with E-state index >= 15 is 0 Å². The molecular formula is C24H29N3O3. The molecule has 1 amide bonds. The second kappa shape index (κ2) is 8.01. The maximum absolute atomic E-state index is 12.6. The van der Waals surface area contributed by atoms with E-state index in [1.54, 1.807) is 7.11 Å². The summed E-state index contributed by atoms with van der Waals surface area (Å²) in [5, 5.41) is 0. The van der Waals surface area contributed by atoms with Crippen LogP contribution < -0.4 is 9.47 Å². The van der Waals surface area contributed by atoms with Gasteiger partial charge in [0, 0.05) is 32.6 Å². The number of benzene rings is 2. The number of amides is 1. The van der Waals surface area contributed by atoms with Gasteiger partial charge in [0.1, 0.15) is 23.0 Å². The van der Waals surface area contributed by atoms with Crippen LogP contribution in [0.4, 0.5) is 5.69 Å². The summed E-state index contributed by atoms with van der Waals surface area (Å²) in [7, 11) is 1.66. The van der Waals surface area contributed by atoms with Gasteiger partial charge in [-0.2, -0.15) is 0 Å². The van der Waals surface area contributed by atoms with Crippen LogP contribution in [0.25, 0.3) is 0 Å². The van der Waals surface area contributed by atoms with Crippen LogP contribution in [-0.2, 0) is 4.79 Å². The third-order valence-electron chi connectivity index (χ3n) is 5.35. The van der Waals surface area contributed by atoms with Crippen LogP contribution in [0.5, 0.6) is 17.2 Å². The van der Waals surface area contributed by atoms with Crippen molar-refractivity contribution in [2.45, 2.75) is 27.2 Å². The lowest BCUT2D eigenvalue weighted by Crippen LogP contribution is -2.51. The normalized spacial score (nSPS) is 16.1. The molecule has 30 heavy (non-hydrogen) atoms. The molecule has 158 valence electrons. The molecule has 2 aromatic rings. The monoisotopic (exact) mass is 407 g/mol. The van der Waals surface area contributed by atoms with Crippen molar-refractivity contribution in [3.05, 3.63) is 48.0 Å². The highest BCUT2D eigenvalue weighted by Gasteiger charge is 2.29. The Bertz CT molecular complexity index is 970. The van der Waals surface area contributed by atoms with Gasteiger partial charge in [0.25, 0.3) is 0 Å². The van der Waals surface area contributed by atoms with Crippen LogP contribution in [0.2, 0.25) is 0 Å². The minimum absolute atomic E-state index is 0.00384. The number of aliphatic imine (C=N–C) groups is 1. The Hall–Kier alpha value is -3.02. The molecule has 0 spiro atoms. The highest BCUT2D eigenvalue weighted by molar-refractivity contribution is 6.04. The van der Waals surface area contributed by atoms with Crippen molar-refractivity contribution in [2.75, 3.05) is 33.3 Å². The number of para-hydroxylation sites is 2. The van der Waals surface area contributed by atoms with Crippen LogP contribution in [-0.4, -0.2) is 54.8 Å². The molecule has 0 atom stereocenters. The molecule has 0 saturated carbocycles. The smallest absolute Gasteiger partial charge is 0.223 e. The van der Waals surface area contributed by atoms with E-state index in [-0.39, 0.29) is 11.3 Å². The number of piperazine rings is 1. The lowest BCUT2D eigenvalue weighted by Gasteiger charge is -2.37. The fourth-order valence-electron chi connectivity index (χ4n) is 3.80. The van der Waals surface area contributed by atoms with Crippen LogP contribution in [0.1, 0.15) is 32.8 Å². The van der Waals surface area contributed by atoms with Gasteiger partial charge in [-0.3, -0.25) is 4.79 Å². The first-order valence-corrected chi connectivity index (χ1v) is 10.4. The molecular weight excluding hydrogens is 378 g/mol. The van der Waals surface area contributed by atoms with Gasteiger partial charge in [-0.1, -0.05) is 32.9 Å². The second-order valence-corrected chi connectivity index (χ2v) is 8.97. The zero-order valence-electron chi connectivity index (χ0n) is 18.1. The van der Waals surface area contributed by atoms with Crippen LogP contribution in [0.15, 0.2) is 47.5 Å². The summed E-state index contributed by atoms with van der Waals surface area (Å²) in [6, 6.07) is 13.6. The molecule has 0 N–H and O–H groups in total. The van der Waals surface area contributed by atoms with Crippen molar-refractivity contribution in [1.82, 2.24) is 9.80 Å². The first kappa shape index (κ1) is 20.3. The van der Waals surface area contributed by atoms with E-state index in [2.05, 4.69) is 25.7 Å². The Kier molecular flexibility index (Phi) is 5.41. The zero-order valence-corrected chi connectivity index (χ0v) is 18.1. The lowest BCUT2D eigenvalue weighted by molar-refractivity contribution is -0.134. The SMILES string of the molecule is COc1ccc2c(c1)C(N1CCN(C(=O)CC(C)(C)C)CC1)=Nc1ccccc1O2. The van der Waals surface area contributed by atoms with Gasteiger partial charge in [-0.05, 0) is 35.7 Å². The first-order valence-electron chi connectivity index (χ1n) is 10.4. The van der Waals surface area contributed by atoms with Crippen molar-refractivity contribution in [3.63, 3.8) is 0 Å². The molecule has 1 saturated heterocycles. The van der Waals surface area contributed by atoms with E-state index in [0.717, 1.165) is 47.4 Å². The Morgan fingerprint density at radius 2 is 1.80 bits per heavy atom. The van der Waals surface area contributed by atoms with Gasteiger partial charge in [0.15, 0.2) is 5.75 Å². The average Bonchev–Trinajstić information content (AvgIpc) is 2.88. The van der Waals surface area contributed by atoms with Gasteiger partial charge in [0.2, 0.25) is 5.91 Å². The molecule has 0 aromatic heterocycles. The fraction of sp³-hybridized carbons (Fsp3) is 0.417. The van der Waals surface area contributed by atoms with Gasteiger partial charge >= 0.3 is 0 Å². The van der Waals surface area contributed by atoms with E-state index in [9.17, 15) is 4.79 Å². The minimum atomic E-state index is -0.00384. The Morgan fingerprint density at radius 1 is 1.07 bits per heavy atom. The van der Waals surface area contributed by atoms with Crippen LogP contribution >= 0.6 is 0 Å². The fourth-order valence-corrected chi connectivity index (χ4v) is 3.80. The van der Waals surface area contributed by atoms with Crippen LogP contribution in [0, 0.1) is 5.41 Å². The molecule has 6 nitrogen and oxygen atoms in total. The molecule has 0 bridgehead atoms. The Balaban J connectivity index is 1.62. The van der Waals surface area contributed by atoms with Crippen molar-refractivity contribution in [1.29, 1.82) is 0 Å². The largest absolute Gasteiger partial charge is 0.497 e. The molecule has 0 unspecified atom stereocenters. The van der Waals surface area contributed by atoms with Crippen molar-refractivity contribution < 1.29 is 14.3 Å². The van der Waals surface area contributed by atoms with Gasteiger partial charge in [-0.25, -0.2) is 4.99 Å². The zero-order chi connectivity index (χ0) is 21.3. The molecule has 2 aliphatic heterocycles. The molecule has 2 aromatic carbocycles. The number of carbonyl (C=O) groups excluding carboxylic acids is 1. The number of hydrogen-bond donors (Lipinski definition) is 0. The molecule has 0 aliphatic carbocycles. The molecule has 4 rings (SSSR count). The number of amidine groups is 1. The summed E-state index contributed by atoms with van der Waals surface area (Å²) in [5.41, 5.74) is 1.70. The highest BCUT2D eigenvalue weighted by atomic mass is 16.5. The summed E-state index contributed by atoms with van der Waals surface area (Å²) in [6.07, 6.45) is 0.565. The van der Waals surface area contributed by atoms with Gasteiger partial charge < -0.3 is 19.3 Å². The van der Waals surface area contributed by atoms with Crippen molar-refractivity contribution in [3.8, 4) is 17.2 Å². The predicted molar refractivity (Wildman–Crippen MR) is 118 cm³/mol. The first-order chi connectivity index (χ1) is 14.3. The number of carbonyl (C=O) groups is 1. The quantitative estimate of drug-likeness (QED) is 0.738. The van der Waals surface area contributed by atoms with E-state index < -0.39 is 0 Å². The standard InChI is InChI=1S/C24H29N3O3/c1-24(2,3)16-22(28)26-11-13-27(14-12-26)23-18-15-17(29-4)9-10-20(18)30-21-8-6-5-7-19(21)25-23/h5-10,15H,11-14,16H2,1-4H3.